The first-order valence-corrected chi connectivity index (χ1v) is 5.01. The van der Waals surface area contributed by atoms with E-state index in [4.69, 9.17) is 4.74 Å². The summed E-state index contributed by atoms with van der Waals surface area (Å²) in [6, 6.07) is 6.37. The number of benzene rings is 1. The van der Waals surface area contributed by atoms with Crippen molar-refractivity contribution in [3.63, 3.8) is 0 Å². The van der Waals surface area contributed by atoms with E-state index < -0.39 is 5.79 Å². The second-order valence-electron chi connectivity index (χ2n) is 3.85. The maximum absolute atomic E-state index is 13.7. The lowest BCUT2D eigenvalue weighted by Gasteiger charge is -2.15. The Morgan fingerprint density at radius 3 is 2.38 bits per heavy atom. The number of alkyl halides is 1. The third-order valence-corrected chi connectivity index (χ3v) is 2.01. The average Bonchev–Trinajstić information content (AvgIpc) is 2.17. The molecule has 1 rings (SSSR count). The van der Waals surface area contributed by atoms with Gasteiger partial charge >= 0.3 is 0 Å². The first kappa shape index (κ1) is 12.4. The smallest absolute Gasteiger partial charge is 0.238 e. The molecule has 0 aliphatic heterocycles. The Kier molecular flexibility index (Phi) is 3.80. The van der Waals surface area contributed by atoms with Crippen molar-refractivity contribution < 1.29 is 13.9 Å². The molecule has 0 amide bonds. The molecule has 0 aliphatic carbocycles. The summed E-state index contributed by atoms with van der Waals surface area (Å²) in [7, 11) is 0. The van der Waals surface area contributed by atoms with Crippen LogP contribution in [-0.4, -0.2) is 12.2 Å². The number of halogens is 1. The fraction of sp³-hybridized carbons (Fsp3) is 0.417. The summed E-state index contributed by atoms with van der Waals surface area (Å²) in [6.45, 7) is 5.02. The van der Waals surface area contributed by atoms with Crippen LogP contribution >= 0.6 is 0 Å². The molecule has 0 saturated heterocycles. The minimum absolute atomic E-state index is 0.0654. The highest BCUT2D eigenvalue weighted by atomic mass is 19.1. The molecule has 0 aromatic heterocycles. The molecule has 0 heterocycles. The summed E-state index contributed by atoms with van der Waals surface area (Å²) < 4.78 is 19.2. The number of rotatable bonds is 4. The molecule has 0 spiro atoms. The van der Waals surface area contributed by atoms with Crippen LogP contribution in [0, 0.1) is 0 Å². The number of aliphatic imine (C=N–C) groups is 1. The fourth-order valence-electron chi connectivity index (χ4n) is 1.26. The van der Waals surface area contributed by atoms with E-state index in [0.29, 0.717) is 11.3 Å². The highest BCUT2D eigenvalue weighted by Gasteiger charge is 2.24. The second kappa shape index (κ2) is 4.90. The van der Waals surface area contributed by atoms with Gasteiger partial charge in [-0.2, -0.15) is 4.99 Å². The zero-order chi connectivity index (χ0) is 12.2. The molecule has 16 heavy (non-hydrogen) atoms. The molecule has 86 valence electrons. The molecule has 4 heteroatoms. The van der Waals surface area contributed by atoms with Crippen molar-refractivity contribution in [1.29, 1.82) is 0 Å². The largest absolute Gasteiger partial charge is 0.491 e. The quantitative estimate of drug-likeness (QED) is 0.447. The zero-order valence-electron chi connectivity index (χ0n) is 9.53. The third kappa shape index (κ3) is 3.17. The Morgan fingerprint density at radius 2 is 1.94 bits per heavy atom. The van der Waals surface area contributed by atoms with Gasteiger partial charge < -0.3 is 4.74 Å². The van der Waals surface area contributed by atoms with E-state index in [2.05, 4.69) is 4.99 Å². The summed E-state index contributed by atoms with van der Waals surface area (Å²) >= 11 is 0. The lowest BCUT2D eigenvalue weighted by Crippen LogP contribution is -2.11. The van der Waals surface area contributed by atoms with Crippen LogP contribution < -0.4 is 4.74 Å². The van der Waals surface area contributed by atoms with E-state index in [1.165, 1.54) is 13.0 Å². The van der Waals surface area contributed by atoms with Crippen molar-refractivity contribution in [3.8, 4) is 5.75 Å². The molecule has 1 aromatic rings. The Bertz CT molecular complexity index is 392. The summed E-state index contributed by atoms with van der Waals surface area (Å²) in [5, 5.41) is 0. The van der Waals surface area contributed by atoms with Gasteiger partial charge in [0.25, 0.3) is 0 Å². The number of hydrogen-bond acceptors (Lipinski definition) is 3. The van der Waals surface area contributed by atoms with E-state index in [9.17, 15) is 9.18 Å². The van der Waals surface area contributed by atoms with Crippen LogP contribution in [-0.2, 0) is 10.6 Å². The monoisotopic (exact) mass is 223 g/mol. The first-order chi connectivity index (χ1) is 7.45. The molecule has 0 radical (unpaired) electrons. The Labute approximate surface area is 94.0 Å². The maximum Gasteiger partial charge on any atom is 0.238 e. The molecule has 1 atom stereocenters. The van der Waals surface area contributed by atoms with Gasteiger partial charge in [-0.3, -0.25) is 0 Å². The van der Waals surface area contributed by atoms with E-state index >= 15 is 0 Å². The summed E-state index contributed by atoms with van der Waals surface area (Å²) in [6.07, 6.45) is 1.29. The highest BCUT2D eigenvalue weighted by molar-refractivity contribution is 5.37. The van der Waals surface area contributed by atoms with E-state index in [1.807, 2.05) is 13.8 Å². The lowest BCUT2D eigenvalue weighted by molar-refractivity contribution is 0.205. The van der Waals surface area contributed by atoms with Gasteiger partial charge in [0.05, 0.1) is 6.10 Å². The van der Waals surface area contributed by atoms with Crippen LogP contribution in [0.3, 0.4) is 0 Å². The van der Waals surface area contributed by atoms with Crippen LogP contribution in [0.2, 0.25) is 0 Å². The van der Waals surface area contributed by atoms with Gasteiger partial charge in [0, 0.05) is 5.56 Å². The second-order valence-corrected chi connectivity index (χ2v) is 3.85. The third-order valence-electron chi connectivity index (χ3n) is 2.01. The molecular formula is C12H14FNO2. The predicted octanol–water partition coefficient (Wildman–Crippen LogP) is 2.95. The van der Waals surface area contributed by atoms with Crippen molar-refractivity contribution in [2.45, 2.75) is 32.7 Å². The Hall–Kier alpha value is -1.67. The summed E-state index contributed by atoms with van der Waals surface area (Å²) in [4.78, 5) is 13.2. The van der Waals surface area contributed by atoms with Crippen LogP contribution in [0.5, 0.6) is 5.75 Å². The van der Waals surface area contributed by atoms with E-state index in [1.54, 1.807) is 24.3 Å². The Balaban J connectivity index is 2.90. The first-order valence-electron chi connectivity index (χ1n) is 5.01. The van der Waals surface area contributed by atoms with Crippen LogP contribution in [0.25, 0.3) is 0 Å². The minimum atomic E-state index is -2.03. The summed E-state index contributed by atoms with van der Waals surface area (Å²) in [5.41, 5.74) is 0.298. The summed E-state index contributed by atoms with van der Waals surface area (Å²) in [5.74, 6) is -1.37. The van der Waals surface area contributed by atoms with Gasteiger partial charge in [0.15, 0.2) is 0 Å². The van der Waals surface area contributed by atoms with Gasteiger partial charge in [-0.15, -0.1) is 0 Å². The van der Waals surface area contributed by atoms with Crippen molar-refractivity contribution in [3.05, 3.63) is 29.8 Å². The number of hydrogen-bond donors (Lipinski definition) is 0. The Morgan fingerprint density at radius 1 is 1.38 bits per heavy atom. The van der Waals surface area contributed by atoms with Gasteiger partial charge in [0.1, 0.15) is 5.75 Å². The molecule has 0 bridgehead atoms. The molecule has 0 N–H and O–H groups in total. The van der Waals surface area contributed by atoms with Crippen LogP contribution in [0.4, 0.5) is 4.39 Å². The van der Waals surface area contributed by atoms with Gasteiger partial charge in [-0.1, -0.05) is 12.1 Å². The lowest BCUT2D eigenvalue weighted by atomic mass is 10.1. The fourth-order valence-corrected chi connectivity index (χ4v) is 1.26. The van der Waals surface area contributed by atoms with Crippen molar-refractivity contribution >= 4 is 6.08 Å². The maximum atomic E-state index is 13.7. The average molecular weight is 223 g/mol. The predicted molar refractivity (Wildman–Crippen MR) is 58.8 cm³/mol. The molecule has 3 nitrogen and oxygen atoms in total. The normalized spacial score (nSPS) is 14.1. The molecule has 0 saturated carbocycles. The standard InChI is InChI=1S/C12H14FNO2/c1-9(2)16-11-6-4-10(5-7-11)12(3,13)14-8-15/h4-7,9H,1-3H3. The zero-order valence-corrected chi connectivity index (χ0v) is 9.53. The molecule has 0 aliphatic rings. The number of ether oxygens (including phenoxy) is 1. The van der Waals surface area contributed by atoms with Gasteiger partial charge in [0.2, 0.25) is 11.9 Å². The molecular weight excluding hydrogens is 209 g/mol. The minimum Gasteiger partial charge on any atom is -0.491 e. The molecule has 0 fully saturated rings. The SMILES string of the molecule is CC(C)Oc1ccc(C(C)(F)N=C=O)cc1. The van der Waals surface area contributed by atoms with Crippen LogP contribution in [0.1, 0.15) is 26.3 Å². The van der Waals surface area contributed by atoms with E-state index in [-0.39, 0.29) is 6.10 Å². The van der Waals surface area contributed by atoms with Gasteiger partial charge in [-0.25, -0.2) is 9.18 Å². The van der Waals surface area contributed by atoms with E-state index in [0.717, 1.165) is 0 Å². The van der Waals surface area contributed by atoms with Crippen LogP contribution in [0.15, 0.2) is 29.3 Å². The number of carbonyl (C=O) groups excluding carboxylic acids is 1. The van der Waals surface area contributed by atoms with Crippen molar-refractivity contribution in [2.24, 2.45) is 4.99 Å². The number of isocyanates is 1. The molecule has 1 aromatic carbocycles. The number of nitrogens with zero attached hydrogens (tertiary/aromatic N) is 1. The van der Waals surface area contributed by atoms with Gasteiger partial charge in [-0.05, 0) is 32.9 Å². The topological polar surface area (TPSA) is 38.7 Å². The highest BCUT2D eigenvalue weighted by Crippen LogP contribution is 2.28. The van der Waals surface area contributed by atoms with Crippen molar-refractivity contribution in [1.82, 2.24) is 0 Å². The molecule has 1 unspecified atom stereocenters. The van der Waals surface area contributed by atoms with Crippen molar-refractivity contribution in [2.75, 3.05) is 0 Å².